The molecule has 66 heavy (non-hydrogen) atoms. The Kier molecular flexibility index (Phi) is 11.6. The first kappa shape index (κ1) is 47.9. The van der Waals surface area contributed by atoms with E-state index in [0.29, 0.717) is 59.1 Å². The molecular formula is C56H74O10. The van der Waals surface area contributed by atoms with Crippen LogP contribution in [0.5, 0.6) is 23.0 Å². The largest absolute Gasteiger partial charge is 0.508 e. The van der Waals surface area contributed by atoms with Crippen LogP contribution in [0.4, 0.5) is 0 Å². The molecule has 10 heteroatoms. The van der Waals surface area contributed by atoms with E-state index in [0.717, 1.165) is 56.1 Å². The quantitative estimate of drug-likeness (QED) is 0.123. The van der Waals surface area contributed by atoms with Crippen LogP contribution in [0.2, 0.25) is 0 Å². The Balaban J connectivity index is 0.000000180. The second-order valence-electron chi connectivity index (χ2n) is 23.8. The van der Waals surface area contributed by atoms with E-state index in [1.807, 2.05) is 39.8 Å². The van der Waals surface area contributed by atoms with Gasteiger partial charge in [-0.05, 0) is 167 Å². The number of carboxylic acids is 1. The summed E-state index contributed by atoms with van der Waals surface area (Å²) in [7, 11) is 1.52. The minimum atomic E-state index is -1.04. The number of fused-ring (bicyclic) bond motifs is 10. The molecule has 4 saturated carbocycles. The number of phenols is 1. The molecule has 1 aromatic heterocycles. The maximum atomic E-state index is 12.9. The summed E-state index contributed by atoms with van der Waals surface area (Å²) in [6.45, 7) is 24.3. The molecular weight excluding hydrogens is 833 g/mol. The second-order valence-corrected chi connectivity index (χ2v) is 23.8. The predicted octanol–water partition coefficient (Wildman–Crippen LogP) is 11.8. The van der Waals surface area contributed by atoms with Crippen LogP contribution in [0.3, 0.4) is 0 Å². The number of rotatable bonds is 5. The Morgan fingerprint density at radius 1 is 0.879 bits per heavy atom. The summed E-state index contributed by atoms with van der Waals surface area (Å²) in [6.07, 6.45) is 15.7. The molecule has 358 valence electrons. The molecule has 9 atom stereocenters. The van der Waals surface area contributed by atoms with E-state index in [9.17, 15) is 35.1 Å². The van der Waals surface area contributed by atoms with Crippen molar-refractivity contribution in [1.82, 2.24) is 0 Å². The lowest BCUT2D eigenvalue weighted by atomic mass is 9.33. The van der Waals surface area contributed by atoms with Crippen molar-refractivity contribution < 1.29 is 44.2 Å². The van der Waals surface area contributed by atoms with Crippen LogP contribution in [-0.4, -0.2) is 56.4 Å². The van der Waals surface area contributed by atoms with Crippen molar-refractivity contribution in [2.75, 3.05) is 7.11 Å². The minimum absolute atomic E-state index is 0.00458. The molecule has 5 aliphatic carbocycles. The number of ether oxygens (including phenoxy) is 2. The van der Waals surface area contributed by atoms with Crippen LogP contribution in [0.25, 0.3) is 28.2 Å². The molecule has 4 fully saturated rings. The van der Waals surface area contributed by atoms with Gasteiger partial charge < -0.3 is 39.4 Å². The van der Waals surface area contributed by atoms with Crippen molar-refractivity contribution in [2.45, 2.75) is 158 Å². The van der Waals surface area contributed by atoms with Gasteiger partial charge in [0.15, 0.2) is 5.58 Å². The number of carbonyl (C=O) groups is 1. The average molecular weight is 907 g/mol. The number of phenolic OH excluding ortho intramolecular Hbond substituents is 1. The number of hydrogen-bond donors (Lipinski definition) is 5. The highest BCUT2D eigenvalue weighted by atomic mass is 16.5. The van der Waals surface area contributed by atoms with Crippen molar-refractivity contribution in [3.8, 4) is 34.1 Å². The van der Waals surface area contributed by atoms with Crippen LogP contribution < -0.4 is 15.1 Å². The van der Waals surface area contributed by atoms with Crippen LogP contribution in [-0.2, 0) is 11.2 Å². The molecule has 0 spiro atoms. The first-order valence-corrected chi connectivity index (χ1v) is 24.2. The van der Waals surface area contributed by atoms with Gasteiger partial charge in [-0.3, -0.25) is 4.79 Å². The van der Waals surface area contributed by atoms with E-state index in [4.69, 9.17) is 13.9 Å². The normalized spacial score (nSPS) is 34.3. The number of carboxylic acid groups (broad SMARTS) is 1. The zero-order valence-corrected chi connectivity index (χ0v) is 41.4. The second kappa shape index (κ2) is 16.0. The van der Waals surface area contributed by atoms with E-state index in [1.165, 1.54) is 24.8 Å². The van der Waals surface area contributed by atoms with Crippen molar-refractivity contribution in [3.63, 3.8) is 0 Å². The number of hydrogen-bond acceptors (Lipinski definition) is 9. The molecule has 0 amide bonds. The van der Waals surface area contributed by atoms with Gasteiger partial charge >= 0.3 is 11.6 Å². The van der Waals surface area contributed by atoms with Gasteiger partial charge in [0, 0.05) is 5.56 Å². The number of methoxy groups -OCH3 is 1. The summed E-state index contributed by atoms with van der Waals surface area (Å²) >= 11 is 0. The van der Waals surface area contributed by atoms with Gasteiger partial charge in [0.25, 0.3) is 0 Å². The Labute approximate surface area is 390 Å². The summed E-state index contributed by atoms with van der Waals surface area (Å²) < 4.78 is 17.8. The zero-order valence-electron chi connectivity index (χ0n) is 41.4. The standard InChI is InChI=1S/C30H48O4.C26H26O6/c1-25(2)14-15-30(24(33)34)19(16-25)18-8-9-21-27(5)12-11-22(31)26(3,4)20(27)10-13-28(21,6)29(18,7)17-23(30)32;1-14(2)6-11-17-22-18(12-13-26(3,4)32-22)24-20(23(17)30-5)21(28)19(25(29)31-24)15-7-9-16(27)10-8-15/h8,19-23,31-32H,9-17H2,1-7H3,(H,33,34);6-10,12-13,27-28H,11H2,1-5H3. The number of aliphatic carboxylic acids is 1. The maximum absolute atomic E-state index is 12.9. The minimum Gasteiger partial charge on any atom is -0.508 e. The van der Waals surface area contributed by atoms with Gasteiger partial charge in [0.1, 0.15) is 45.0 Å². The lowest BCUT2D eigenvalue weighted by molar-refractivity contribution is -0.218. The van der Waals surface area contributed by atoms with Gasteiger partial charge in [-0.15, -0.1) is 0 Å². The van der Waals surface area contributed by atoms with Crippen molar-refractivity contribution in [1.29, 1.82) is 0 Å². The van der Waals surface area contributed by atoms with E-state index < -0.39 is 28.7 Å². The van der Waals surface area contributed by atoms with Crippen LogP contribution in [0.15, 0.2) is 62.9 Å². The molecule has 9 unspecified atom stereocenters. The van der Waals surface area contributed by atoms with Crippen molar-refractivity contribution in [2.24, 2.45) is 50.2 Å². The monoisotopic (exact) mass is 907 g/mol. The lowest BCUT2D eigenvalue weighted by Crippen LogP contribution is -2.67. The number of allylic oxidation sites excluding steroid dienone is 4. The van der Waals surface area contributed by atoms with Crippen molar-refractivity contribution in [3.05, 3.63) is 75.2 Å². The first-order valence-electron chi connectivity index (χ1n) is 24.2. The molecule has 0 saturated heterocycles. The molecule has 5 N–H and O–H groups in total. The van der Waals surface area contributed by atoms with E-state index in [2.05, 4.69) is 60.6 Å². The smallest absolute Gasteiger partial charge is 0.348 e. The van der Waals surface area contributed by atoms with E-state index in [-0.39, 0.29) is 61.7 Å². The lowest BCUT2D eigenvalue weighted by Gasteiger charge is -2.71. The van der Waals surface area contributed by atoms with Crippen LogP contribution >= 0.6 is 0 Å². The molecule has 3 aromatic rings. The Bertz CT molecular complexity index is 2590. The number of aliphatic hydroxyl groups excluding tert-OH is 2. The molecule has 2 aromatic carbocycles. The van der Waals surface area contributed by atoms with E-state index >= 15 is 0 Å². The van der Waals surface area contributed by atoms with Gasteiger partial charge in [0.05, 0.1) is 24.9 Å². The number of aromatic hydroxyl groups is 2. The molecule has 1 aliphatic heterocycles. The molecule has 10 nitrogen and oxygen atoms in total. The van der Waals surface area contributed by atoms with Gasteiger partial charge in [-0.1, -0.05) is 83.9 Å². The third-order valence-corrected chi connectivity index (χ3v) is 18.5. The number of aliphatic hydroxyl groups is 2. The fourth-order valence-corrected chi connectivity index (χ4v) is 14.6. The first-order chi connectivity index (χ1) is 30.7. The fraction of sp³-hybridized carbons (Fsp3) is 0.607. The summed E-state index contributed by atoms with van der Waals surface area (Å²) in [5.74, 6) is 0.867. The third-order valence-electron chi connectivity index (χ3n) is 18.5. The SMILES string of the molecule is CC1(C)CCC2(C(=O)O)C(O)CC3(C)C(=CCC4C5(C)CCC(O)C(C)(C)C5CCC43C)C2C1.COc1c(CC=C(C)C)c2c(c3oc(=O)c(-c4ccc(O)cc4)c(O)c13)C=CC(C)(C)O2. The van der Waals surface area contributed by atoms with Gasteiger partial charge in [-0.25, -0.2) is 4.79 Å². The maximum Gasteiger partial charge on any atom is 0.348 e. The summed E-state index contributed by atoms with van der Waals surface area (Å²) in [4.78, 5) is 25.8. The number of benzene rings is 2. The molecule has 0 bridgehead atoms. The Hall–Kier alpha value is -4.54. The average Bonchev–Trinajstić information content (AvgIpc) is 3.22. The zero-order chi connectivity index (χ0) is 48.3. The predicted molar refractivity (Wildman–Crippen MR) is 259 cm³/mol. The van der Waals surface area contributed by atoms with Crippen molar-refractivity contribution >= 4 is 23.0 Å². The van der Waals surface area contributed by atoms with Gasteiger partial charge in [-0.2, -0.15) is 0 Å². The van der Waals surface area contributed by atoms with Gasteiger partial charge in [0.2, 0.25) is 0 Å². The van der Waals surface area contributed by atoms with E-state index in [1.54, 1.807) is 12.1 Å². The molecule has 9 rings (SSSR count). The van der Waals surface area contributed by atoms with Crippen LogP contribution in [0, 0.1) is 50.2 Å². The molecule has 0 radical (unpaired) electrons. The third kappa shape index (κ3) is 7.16. The molecule has 2 heterocycles. The summed E-state index contributed by atoms with van der Waals surface area (Å²) in [5.41, 5.74) is 2.15. The molecule has 6 aliphatic rings. The highest BCUT2D eigenvalue weighted by Crippen LogP contribution is 2.75. The highest BCUT2D eigenvalue weighted by molar-refractivity contribution is 6.02. The summed E-state index contributed by atoms with van der Waals surface area (Å²) in [6, 6.07) is 5.99. The Morgan fingerprint density at radius 2 is 1.56 bits per heavy atom. The highest BCUT2D eigenvalue weighted by Gasteiger charge is 2.71. The summed E-state index contributed by atoms with van der Waals surface area (Å²) in [5, 5.41) is 54.3. The fourth-order valence-electron chi connectivity index (χ4n) is 14.6. The topological polar surface area (TPSA) is 167 Å². The Morgan fingerprint density at radius 3 is 2.20 bits per heavy atom. The van der Waals surface area contributed by atoms with Crippen LogP contribution in [0.1, 0.15) is 145 Å².